The van der Waals surface area contributed by atoms with Gasteiger partial charge in [-0.05, 0) is 29.8 Å². The summed E-state index contributed by atoms with van der Waals surface area (Å²) in [6.07, 6.45) is 0. The number of rotatable bonds is 6. The highest BCUT2D eigenvalue weighted by atomic mass is 32.2. The van der Waals surface area contributed by atoms with Crippen LogP contribution in [0.4, 0.5) is 14.5 Å². The molecule has 1 N–H and O–H groups in total. The smallest absolute Gasteiger partial charge is 0.262 e. The third-order valence-corrected chi connectivity index (χ3v) is 5.52. The molecule has 0 atom stereocenters. The molecule has 8 heteroatoms. The molecule has 5 nitrogen and oxygen atoms in total. The zero-order valence-corrected chi connectivity index (χ0v) is 17.0. The Balaban J connectivity index is 1.60. The Kier molecular flexibility index (Phi) is 6.08. The fraction of sp³-hybridized carbons (Fsp3) is 0.0870. The number of carbonyl (C=O) groups is 1. The largest absolute Gasteiger partial charge is 0.323 e. The van der Waals surface area contributed by atoms with Gasteiger partial charge in [0.2, 0.25) is 5.91 Å². The molecular formula is C23H17F2N3O2S. The lowest BCUT2D eigenvalue weighted by Crippen LogP contribution is -2.25. The number of aromatic nitrogens is 2. The Morgan fingerprint density at radius 1 is 1.00 bits per heavy atom. The lowest BCUT2D eigenvalue weighted by molar-refractivity contribution is -0.113. The van der Waals surface area contributed by atoms with E-state index in [4.69, 9.17) is 0 Å². The van der Waals surface area contributed by atoms with E-state index in [1.54, 1.807) is 24.3 Å². The van der Waals surface area contributed by atoms with Crippen molar-refractivity contribution in [3.05, 3.63) is 100 Å². The monoisotopic (exact) mass is 437 g/mol. The average Bonchev–Trinajstić information content (AvgIpc) is 2.77. The van der Waals surface area contributed by atoms with E-state index in [0.717, 1.165) is 29.5 Å². The molecule has 0 radical (unpaired) electrons. The summed E-state index contributed by atoms with van der Waals surface area (Å²) >= 11 is 1.07. The van der Waals surface area contributed by atoms with Crippen molar-refractivity contribution in [1.82, 2.24) is 9.55 Å². The minimum atomic E-state index is -0.858. The van der Waals surface area contributed by atoms with Crippen molar-refractivity contribution in [3.63, 3.8) is 0 Å². The first-order valence-electron chi connectivity index (χ1n) is 9.42. The first-order valence-corrected chi connectivity index (χ1v) is 10.4. The van der Waals surface area contributed by atoms with Gasteiger partial charge >= 0.3 is 0 Å². The van der Waals surface area contributed by atoms with Crippen LogP contribution in [-0.2, 0) is 11.3 Å². The number of para-hydroxylation sites is 1. The molecule has 1 heterocycles. The van der Waals surface area contributed by atoms with E-state index in [0.29, 0.717) is 28.7 Å². The van der Waals surface area contributed by atoms with Crippen molar-refractivity contribution in [2.45, 2.75) is 11.7 Å². The zero-order valence-electron chi connectivity index (χ0n) is 16.2. The predicted octanol–water partition coefficient (Wildman–Crippen LogP) is 4.45. The van der Waals surface area contributed by atoms with Crippen LogP contribution < -0.4 is 10.9 Å². The molecule has 31 heavy (non-hydrogen) atoms. The second kappa shape index (κ2) is 9.09. The molecule has 4 rings (SSSR count). The van der Waals surface area contributed by atoms with Crippen LogP contribution in [0.15, 0.2) is 82.7 Å². The number of halogens is 2. The molecule has 156 valence electrons. The number of anilines is 1. The molecule has 0 aliphatic carbocycles. The number of fused-ring (bicyclic) bond motifs is 1. The number of nitrogens with zero attached hydrogens (tertiary/aromatic N) is 2. The van der Waals surface area contributed by atoms with E-state index >= 15 is 0 Å². The quantitative estimate of drug-likeness (QED) is 0.358. The van der Waals surface area contributed by atoms with Gasteiger partial charge < -0.3 is 5.32 Å². The third-order valence-electron chi connectivity index (χ3n) is 4.55. The van der Waals surface area contributed by atoms with Gasteiger partial charge in [-0.25, -0.2) is 13.8 Å². The highest BCUT2D eigenvalue weighted by Gasteiger charge is 2.15. The Morgan fingerprint density at radius 2 is 1.74 bits per heavy atom. The molecule has 3 aromatic carbocycles. The third kappa shape index (κ3) is 4.80. The maximum absolute atomic E-state index is 13.8. The lowest BCUT2D eigenvalue weighted by Gasteiger charge is -2.13. The van der Waals surface area contributed by atoms with Crippen molar-refractivity contribution in [2.75, 3.05) is 11.1 Å². The van der Waals surface area contributed by atoms with Gasteiger partial charge in [0.05, 0.1) is 28.9 Å². The van der Waals surface area contributed by atoms with E-state index in [2.05, 4.69) is 10.3 Å². The van der Waals surface area contributed by atoms with Gasteiger partial charge in [0.15, 0.2) is 5.16 Å². The van der Waals surface area contributed by atoms with Gasteiger partial charge in [0.1, 0.15) is 11.6 Å². The number of benzene rings is 3. The number of carbonyl (C=O) groups excluding carboxylic acids is 1. The normalized spacial score (nSPS) is 10.9. The second-order valence-electron chi connectivity index (χ2n) is 6.75. The summed E-state index contributed by atoms with van der Waals surface area (Å²) in [6.45, 7) is 0.300. The van der Waals surface area contributed by atoms with E-state index < -0.39 is 17.5 Å². The van der Waals surface area contributed by atoms with Gasteiger partial charge in [0.25, 0.3) is 5.56 Å². The van der Waals surface area contributed by atoms with Crippen LogP contribution in [-0.4, -0.2) is 21.2 Å². The molecular weight excluding hydrogens is 420 g/mol. The summed E-state index contributed by atoms with van der Waals surface area (Å²) in [5.41, 5.74) is 1.13. The van der Waals surface area contributed by atoms with Crippen LogP contribution in [0.3, 0.4) is 0 Å². The molecule has 4 aromatic rings. The van der Waals surface area contributed by atoms with Crippen molar-refractivity contribution in [3.8, 4) is 0 Å². The number of hydrogen-bond donors (Lipinski definition) is 1. The fourth-order valence-electron chi connectivity index (χ4n) is 3.07. The first-order chi connectivity index (χ1) is 15.0. The molecule has 0 saturated carbocycles. The Morgan fingerprint density at radius 3 is 2.52 bits per heavy atom. The maximum Gasteiger partial charge on any atom is 0.262 e. The van der Waals surface area contributed by atoms with Crippen LogP contribution >= 0.6 is 11.8 Å². The predicted molar refractivity (Wildman–Crippen MR) is 117 cm³/mol. The molecule has 0 bridgehead atoms. The first kappa shape index (κ1) is 20.7. The molecule has 0 saturated heterocycles. The van der Waals surface area contributed by atoms with Crippen molar-refractivity contribution in [1.29, 1.82) is 0 Å². The Bertz CT molecular complexity index is 1310. The van der Waals surface area contributed by atoms with Crippen LogP contribution in [0.5, 0.6) is 0 Å². The number of thioether (sulfide) groups is 1. The molecule has 0 spiro atoms. The van der Waals surface area contributed by atoms with Gasteiger partial charge in [-0.15, -0.1) is 0 Å². The van der Waals surface area contributed by atoms with E-state index in [-0.39, 0.29) is 17.0 Å². The van der Waals surface area contributed by atoms with Crippen LogP contribution in [0.1, 0.15) is 5.56 Å². The molecule has 1 aromatic heterocycles. The minimum absolute atomic E-state index is 0.101. The van der Waals surface area contributed by atoms with E-state index in [1.165, 1.54) is 4.57 Å². The number of hydrogen-bond acceptors (Lipinski definition) is 4. The molecule has 0 unspecified atom stereocenters. The maximum atomic E-state index is 13.8. The minimum Gasteiger partial charge on any atom is -0.323 e. The van der Waals surface area contributed by atoms with E-state index in [1.807, 2.05) is 30.3 Å². The Hall–Kier alpha value is -3.52. The molecule has 0 aliphatic rings. The highest BCUT2D eigenvalue weighted by Crippen LogP contribution is 2.20. The summed E-state index contributed by atoms with van der Waals surface area (Å²) in [5, 5.41) is 3.28. The summed E-state index contributed by atoms with van der Waals surface area (Å²) in [7, 11) is 0. The molecule has 1 amide bonds. The molecule has 0 aliphatic heterocycles. The van der Waals surface area contributed by atoms with Gasteiger partial charge in [-0.2, -0.15) is 0 Å². The van der Waals surface area contributed by atoms with Crippen LogP contribution in [0.2, 0.25) is 0 Å². The molecule has 0 fully saturated rings. The van der Waals surface area contributed by atoms with Crippen molar-refractivity contribution < 1.29 is 13.6 Å². The summed E-state index contributed by atoms with van der Waals surface area (Å²) in [5.74, 6) is -2.18. The summed E-state index contributed by atoms with van der Waals surface area (Å²) in [6, 6.07) is 19.4. The standard InChI is InChI=1S/C23H17F2N3O2S/c24-16-10-11-20(18(25)12-16)26-21(29)14-31-23-27-19-9-5-4-8-17(19)22(30)28(23)13-15-6-2-1-3-7-15/h1-12H,13-14H2,(H,26,29). The lowest BCUT2D eigenvalue weighted by atomic mass is 10.2. The fourth-order valence-corrected chi connectivity index (χ4v) is 3.87. The van der Waals surface area contributed by atoms with Gasteiger partial charge in [-0.3, -0.25) is 14.2 Å². The van der Waals surface area contributed by atoms with Gasteiger partial charge in [-0.1, -0.05) is 54.2 Å². The summed E-state index contributed by atoms with van der Waals surface area (Å²) in [4.78, 5) is 30.0. The van der Waals surface area contributed by atoms with Crippen molar-refractivity contribution in [2.24, 2.45) is 0 Å². The number of amides is 1. The SMILES string of the molecule is O=C(CSc1nc2ccccc2c(=O)n1Cc1ccccc1)Nc1ccc(F)cc1F. The topological polar surface area (TPSA) is 64.0 Å². The second-order valence-corrected chi connectivity index (χ2v) is 7.69. The van der Waals surface area contributed by atoms with Crippen LogP contribution in [0.25, 0.3) is 10.9 Å². The van der Waals surface area contributed by atoms with Gasteiger partial charge in [0, 0.05) is 6.07 Å². The average molecular weight is 437 g/mol. The van der Waals surface area contributed by atoms with E-state index in [9.17, 15) is 18.4 Å². The zero-order chi connectivity index (χ0) is 21.8. The summed E-state index contributed by atoms with van der Waals surface area (Å²) < 4.78 is 28.4. The van der Waals surface area contributed by atoms with Crippen LogP contribution in [0, 0.1) is 11.6 Å². The Labute approximate surface area is 180 Å². The number of nitrogens with one attached hydrogen (secondary N) is 1. The van der Waals surface area contributed by atoms with Crippen molar-refractivity contribution >= 4 is 34.3 Å². The highest BCUT2D eigenvalue weighted by molar-refractivity contribution is 7.99.